The third kappa shape index (κ3) is 8.06. The molecule has 0 spiro atoms. The van der Waals surface area contributed by atoms with Crippen LogP contribution in [0.2, 0.25) is 0 Å². The van der Waals surface area contributed by atoms with Crippen molar-refractivity contribution in [1.29, 1.82) is 0 Å². The van der Waals surface area contributed by atoms with Gasteiger partial charge in [-0.3, -0.25) is 0 Å². The molecule has 1 aliphatic heterocycles. The van der Waals surface area contributed by atoms with E-state index in [0.717, 1.165) is 49.1 Å². The third-order valence-electron chi connectivity index (χ3n) is 7.21. The molecule has 0 aromatic heterocycles. The summed E-state index contributed by atoms with van der Waals surface area (Å²) in [5, 5.41) is 0. The first kappa shape index (κ1) is 31.4. The summed E-state index contributed by atoms with van der Waals surface area (Å²) in [6.07, 6.45) is 1.09. The Balaban J connectivity index is 1.42. The molecular formula is C32H31F7O3. The molecule has 2 unspecified atom stereocenters. The Morgan fingerprint density at radius 2 is 1.60 bits per heavy atom. The molecule has 226 valence electrons. The number of hydrogen-bond donors (Lipinski definition) is 0. The monoisotopic (exact) mass is 596 g/mol. The number of alkyl halides is 2. The topological polar surface area (TPSA) is 27.7 Å². The van der Waals surface area contributed by atoms with Crippen LogP contribution in [0.3, 0.4) is 0 Å². The van der Waals surface area contributed by atoms with Gasteiger partial charge in [0.2, 0.25) is 0 Å². The number of unbranched alkanes of at least 4 members (excludes halogenated alkanes) is 3. The highest BCUT2D eigenvalue weighted by Gasteiger charge is 2.41. The summed E-state index contributed by atoms with van der Waals surface area (Å²) in [7, 11) is 0. The molecule has 1 aliphatic rings. The van der Waals surface area contributed by atoms with Crippen LogP contribution in [0.15, 0.2) is 66.9 Å². The smallest absolute Gasteiger partial charge is 0.432 e. The second kappa shape index (κ2) is 14.1. The second-order valence-corrected chi connectivity index (χ2v) is 10.3. The van der Waals surface area contributed by atoms with Crippen LogP contribution < -0.4 is 9.47 Å². The molecule has 0 aliphatic carbocycles. The van der Waals surface area contributed by atoms with Crippen LogP contribution in [0, 0.1) is 23.4 Å². The van der Waals surface area contributed by atoms with Gasteiger partial charge in [-0.1, -0.05) is 56.9 Å². The molecule has 3 aromatic carbocycles. The zero-order valence-corrected chi connectivity index (χ0v) is 23.0. The van der Waals surface area contributed by atoms with Gasteiger partial charge >= 0.3 is 12.2 Å². The van der Waals surface area contributed by atoms with Gasteiger partial charge in [0.05, 0.1) is 12.7 Å². The van der Waals surface area contributed by atoms with Gasteiger partial charge < -0.3 is 14.2 Å². The van der Waals surface area contributed by atoms with Crippen molar-refractivity contribution in [3.05, 3.63) is 95.5 Å². The van der Waals surface area contributed by atoms with Crippen LogP contribution >= 0.6 is 0 Å². The average molecular weight is 597 g/mol. The predicted molar refractivity (Wildman–Crippen MR) is 144 cm³/mol. The highest BCUT2D eigenvalue weighted by molar-refractivity contribution is 5.64. The second-order valence-electron chi connectivity index (χ2n) is 10.3. The molecule has 1 saturated heterocycles. The Kier molecular flexibility index (Phi) is 10.5. The lowest BCUT2D eigenvalue weighted by Gasteiger charge is -2.29. The van der Waals surface area contributed by atoms with Crippen molar-refractivity contribution < 1.29 is 44.9 Å². The molecular weight excluding hydrogens is 565 g/mol. The average Bonchev–Trinajstić information content (AvgIpc) is 2.94. The molecule has 3 nitrogen and oxygen atoms in total. The van der Waals surface area contributed by atoms with Gasteiger partial charge in [0.1, 0.15) is 22.9 Å². The molecule has 42 heavy (non-hydrogen) atoms. The molecule has 1 fully saturated rings. The molecule has 0 amide bonds. The Hall–Kier alpha value is -3.53. The molecule has 10 heteroatoms. The summed E-state index contributed by atoms with van der Waals surface area (Å²) in [4.78, 5) is 0. The molecule has 0 N–H and O–H groups in total. The fraction of sp³-hybridized carbons (Fsp3) is 0.375. The van der Waals surface area contributed by atoms with E-state index < -0.39 is 46.7 Å². The zero-order chi connectivity index (χ0) is 30.3. The van der Waals surface area contributed by atoms with Gasteiger partial charge in [-0.05, 0) is 66.1 Å². The summed E-state index contributed by atoms with van der Waals surface area (Å²) >= 11 is 0. The first-order chi connectivity index (χ1) is 20.1. The quantitative estimate of drug-likeness (QED) is 0.118. The molecule has 0 bridgehead atoms. The van der Waals surface area contributed by atoms with Crippen molar-refractivity contribution in [3.8, 4) is 22.6 Å². The molecule has 2 atom stereocenters. The molecule has 3 aromatic rings. The molecule has 1 heterocycles. The molecule has 4 rings (SSSR count). The maximum atomic E-state index is 14.9. The number of ether oxygens (including phenoxy) is 3. The Morgan fingerprint density at radius 1 is 0.881 bits per heavy atom. The first-order valence-electron chi connectivity index (χ1n) is 13.8. The van der Waals surface area contributed by atoms with Gasteiger partial charge in [-0.2, -0.15) is 17.6 Å². The van der Waals surface area contributed by atoms with E-state index in [4.69, 9.17) is 4.74 Å². The lowest BCUT2D eigenvalue weighted by atomic mass is 9.90. The predicted octanol–water partition coefficient (Wildman–Crippen LogP) is 10.5. The minimum Gasteiger partial charge on any atom is -0.456 e. The molecule has 0 saturated carbocycles. The van der Waals surface area contributed by atoms with Crippen molar-refractivity contribution in [1.82, 2.24) is 0 Å². The highest BCUT2D eigenvalue weighted by atomic mass is 19.3. The van der Waals surface area contributed by atoms with Crippen LogP contribution in [0.1, 0.15) is 69.1 Å². The van der Waals surface area contributed by atoms with Gasteiger partial charge in [-0.15, -0.1) is 0 Å². The number of rotatable bonds is 12. The van der Waals surface area contributed by atoms with Crippen molar-refractivity contribution in [2.24, 2.45) is 5.92 Å². The fourth-order valence-electron chi connectivity index (χ4n) is 5.01. The van der Waals surface area contributed by atoms with E-state index >= 15 is 0 Å². The van der Waals surface area contributed by atoms with Crippen LogP contribution in [0.5, 0.6) is 11.5 Å². The van der Waals surface area contributed by atoms with Crippen LogP contribution in [0.4, 0.5) is 30.7 Å². The fourth-order valence-corrected chi connectivity index (χ4v) is 5.01. The van der Waals surface area contributed by atoms with Crippen molar-refractivity contribution >= 4 is 0 Å². The van der Waals surface area contributed by atoms with Crippen molar-refractivity contribution in [2.75, 3.05) is 6.61 Å². The number of benzene rings is 3. The highest BCUT2D eigenvalue weighted by Crippen LogP contribution is 2.39. The van der Waals surface area contributed by atoms with Gasteiger partial charge in [0.15, 0.2) is 17.8 Å². The summed E-state index contributed by atoms with van der Waals surface area (Å²) in [5.74, 6) is -5.38. The van der Waals surface area contributed by atoms with E-state index in [0.29, 0.717) is 24.2 Å². The van der Waals surface area contributed by atoms with Gasteiger partial charge in [0, 0.05) is 6.07 Å². The van der Waals surface area contributed by atoms with E-state index in [1.54, 1.807) is 24.3 Å². The minimum atomic E-state index is -4.53. The summed E-state index contributed by atoms with van der Waals surface area (Å²) in [6, 6.07) is 10.4. The summed E-state index contributed by atoms with van der Waals surface area (Å²) in [6.45, 7) is 2.87. The van der Waals surface area contributed by atoms with Gasteiger partial charge in [0.25, 0.3) is 0 Å². The van der Waals surface area contributed by atoms with E-state index in [-0.39, 0.29) is 17.9 Å². The number of halogens is 7. The van der Waals surface area contributed by atoms with E-state index in [1.165, 1.54) is 25.7 Å². The normalized spacial score (nSPS) is 17.1. The third-order valence-corrected chi connectivity index (χ3v) is 7.21. The van der Waals surface area contributed by atoms with E-state index in [2.05, 4.69) is 16.4 Å². The lowest BCUT2D eigenvalue weighted by Crippen LogP contribution is -2.25. The maximum Gasteiger partial charge on any atom is 0.432 e. The maximum absolute atomic E-state index is 14.9. The van der Waals surface area contributed by atoms with E-state index in [9.17, 15) is 30.7 Å². The largest absolute Gasteiger partial charge is 0.456 e. The Bertz CT molecular complexity index is 1340. The summed E-state index contributed by atoms with van der Waals surface area (Å²) in [5.41, 5.74) is -0.289. The van der Waals surface area contributed by atoms with Crippen molar-refractivity contribution in [2.45, 2.75) is 64.1 Å². The SMILES string of the molecule is CCCCCCC1CCC(c2ccc(-c3cc(F)c(C(F)(F)Oc4ccc(OC=C(F)F)c(F)c4)c(F)c3)cc2)OC1. The van der Waals surface area contributed by atoms with Crippen LogP contribution in [-0.4, -0.2) is 6.61 Å². The van der Waals surface area contributed by atoms with E-state index in [1.807, 2.05) is 0 Å². The number of hydrogen-bond acceptors (Lipinski definition) is 3. The molecule has 0 radical (unpaired) electrons. The Labute approximate surface area is 239 Å². The standard InChI is InChI=1S/C32H31F7O3/c1-2-3-4-5-6-20-7-13-28(40-18-20)22-10-8-21(9-11-22)23-15-26(34)31(27(35)16-23)32(38,39)42-24-12-14-29(25(33)17-24)41-19-30(36)37/h8-12,14-17,19-20,28H,2-7,13,18H2,1H3. The Morgan fingerprint density at radius 3 is 2.19 bits per heavy atom. The summed E-state index contributed by atoms with van der Waals surface area (Å²) < 4.78 is 112. The lowest BCUT2D eigenvalue weighted by molar-refractivity contribution is -0.189. The van der Waals surface area contributed by atoms with Crippen LogP contribution in [0.25, 0.3) is 11.1 Å². The van der Waals surface area contributed by atoms with Crippen molar-refractivity contribution in [3.63, 3.8) is 0 Å². The first-order valence-corrected chi connectivity index (χ1v) is 13.8. The minimum absolute atomic E-state index is 0.0356. The zero-order valence-electron chi connectivity index (χ0n) is 23.0. The van der Waals surface area contributed by atoms with Gasteiger partial charge in [-0.25, -0.2) is 13.2 Å². The van der Waals surface area contributed by atoms with Crippen LogP contribution in [-0.2, 0) is 10.8 Å².